The van der Waals surface area contributed by atoms with E-state index in [9.17, 15) is 55.9 Å². The van der Waals surface area contributed by atoms with Crippen molar-refractivity contribution in [1.82, 2.24) is 10.6 Å². The van der Waals surface area contributed by atoms with Crippen molar-refractivity contribution in [1.29, 1.82) is 0 Å². The van der Waals surface area contributed by atoms with Crippen molar-refractivity contribution in [3.05, 3.63) is 88.5 Å². The van der Waals surface area contributed by atoms with Crippen LogP contribution >= 0.6 is 0 Å². The number of carbonyl (C=O) groups is 1. The molecule has 2 heterocycles. The van der Waals surface area contributed by atoms with Gasteiger partial charge in [0.1, 0.15) is 5.75 Å². The third-order valence-electron chi connectivity index (χ3n) is 13.5. The van der Waals surface area contributed by atoms with E-state index in [0.29, 0.717) is 56.1 Å². The number of phenolic OH excluding ortho intramolecular Hbond substituents is 1. The predicted molar refractivity (Wildman–Crippen MR) is 247 cm³/mol. The van der Waals surface area contributed by atoms with Crippen LogP contribution in [0.2, 0.25) is 0 Å². The Labute approximate surface area is 380 Å². The number of hydrogen-bond acceptors (Lipinski definition) is 12. The van der Waals surface area contributed by atoms with Gasteiger partial charge in [-0.2, -0.15) is 0 Å². The van der Waals surface area contributed by atoms with Gasteiger partial charge in [-0.15, -0.1) is 0 Å². The Morgan fingerprint density at radius 3 is 2.36 bits per heavy atom. The van der Waals surface area contributed by atoms with E-state index in [1.54, 1.807) is 43.3 Å². The molecule has 1 saturated heterocycles. The maximum absolute atomic E-state index is 13.0. The van der Waals surface area contributed by atoms with E-state index < -0.39 is 72.6 Å². The molecule has 2 aromatic carbocycles. The van der Waals surface area contributed by atoms with Gasteiger partial charge in [0.15, 0.2) is 0 Å². The van der Waals surface area contributed by atoms with Crippen molar-refractivity contribution in [3.63, 3.8) is 0 Å². The third kappa shape index (κ3) is 15.5. The summed E-state index contributed by atoms with van der Waals surface area (Å²) in [6, 6.07) is 12.1. The summed E-state index contributed by atoms with van der Waals surface area (Å²) in [6.07, 6.45) is 3.92. The van der Waals surface area contributed by atoms with Crippen molar-refractivity contribution >= 4 is 5.97 Å². The standard InChI is InChI=1S/C51H76N2O11/c1-4-5-14-45(59)46(60)26-22-36-19-18-35-11-7-6-10-34(35)12-8-15-48(51(3,64)43(13-9-28-54)37-20-23-39(57)24-21-37)53-44(41(36)29-40(58)32-56)25-27-47(61)50-42(30-49(62)63)38(31-55)17-16-33(2)52-50/h6-7,10-11,20-24,26,33,38,40,42-48,50,52-61,64H,4-5,9,13-19,25,27-32H2,1-3H3,(H,62,63). The summed E-state index contributed by atoms with van der Waals surface area (Å²) in [5.41, 5.74) is 2.28. The normalized spacial score (nSPS) is 25.6. The number of carboxylic acid groups (broad SMARTS) is 1. The number of aromatic hydroxyl groups is 1. The molecule has 13 heteroatoms. The highest BCUT2D eigenvalue weighted by Gasteiger charge is 2.43. The molecule has 0 bridgehead atoms. The molecule has 0 radical (unpaired) electrons. The average Bonchev–Trinajstić information content (AvgIpc) is 3.43. The van der Waals surface area contributed by atoms with Crippen LogP contribution in [0.15, 0.2) is 71.8 Å². The van der Waals surface area contributed by atoms with E-state index in [2.05, 4.69) is 22.5 Å². The molecule has 0 aliphatic carbocycles. The van der Waals surface area contributed by atoms with Gasteiger partial charge in [-0.3, -0.25) is 4.79 Å². The Morgan fingerprint density at radius 1 is 0.953 bits per heavy atom. The second-order valence-electron chi connectivity index (χ2n) is 18.3. The summed E-state index contributed by atoms with van der Waals surface area (Å²) in [6.45, 7) is 4.80. The highest BCUT2D eigenvalue weighted by Crippen LogP contribution is 2.39. The fourth-order valence-corrected chi connectivity index (χ4v) is 9.69. The molecule has 0 amide bonds. The average molecular weight is 893 g/mol. The number of benzene rings is 2. The third-order valence-corrected chi connectivity index (χ3v) is 13.5. The van der Waals surface area contributed by atoms with Gasteiger partial charge in [-0.25, -0.2) is 0 Å². The number of hydrogen-bond donors (Lipinski definition) is 12. The Morgan fingerprint density at radius 2 is 1.69 bits per heavy atom. The number of aliphatic hydroxyl groups excluding tert-OH is 7. The maximum Gasteiger partial charge on any atom is 0.303 e. The molecule has 356 valence electrons. The van der Waals surface area contributed by atoms with Crippen molar-refractivity contribution < 1.29 is 55.9 Å². The van der Waals surface area contributed by atoms with Crippen LogP contribution < -0.4 is 10.6 Å². The van der Waals surface area contributed by atoms with Crippen LogP contribution in [-0.2, 0) is 11.2 Å². The van der Waals surface area contributed by atoms with Gasteiger partial charge in [-0.05, 0) is 130 Å². The predicted octanol–water partition coefficient (Wildman–Crippen LogP) is 4.20. The molecule has 4 rings (SSSR count). The number of aliphatic hydroxyl groups is 8. The SMILES string of the molecule is CCCCC(O)C(O)C=CC1=C(CC(O)CO)C(CCC(O)C2NC(C)CCC(CO)C2CC(=O)O)NC(C(C)(O)C(CCCO)c2ccc(O)cc2)CC#Cc2ccccc2CC1. The number of rotatable bonds is 22. The number of fused-ring (bicyclic) bond motifs is 1. The van der Waals surface area contributed by atoms with E-state index >= 15 is 0 Å². The van der Waals surface area contributed by atoms with Crippen LogP contribution in [0.25, 0.3) is 0 Å². The Balaban J connectivity index is 1.95. The van der Waals surface area contributed by atoms with E-state index in [4.69, 9.17) is 0 Å². The van der Waals surface area contributed by atoms with Gasteiger partial charge in [0, 0.05) is 55.3 Å². The summed E-state index contributed by atoms with van der Waals surface area (Å²) in [5.74, 6) is 4.22. The molecule has 0 saturated carbocycles. The van der Waals surface area contributed by atoms with Crippen LogP contribution in [0.4, 0.5) is 0 Å². The smallest absolute Gasteiger partial charge is 0.303 e. The summed E-state index contributed by atoms with van der Waals surface area (Å²) in [4.78, 5) is 12.2. The Hall–Kier alpha value is -3.65. The molecule has 2 aliphatic heterocycles. The zero-order valence-corrected chi connectivity index (χ0v) is 38.0. The second-order valence-corrected chi connectivity index (χ2v) is 18.3. The number of aryl methyl sites for hydroxylation is 1. The fourth-order valence-electron chi connectivity index (χ4n) is 9.69. The lowest BCUT2D eigenvalue weighted by atomic mass is 9.74. The first kappa shape index (κ1) is 53.0. The maximum atomic E-state index is 13.0. The van der Waals surface area contributed by atoms with E-state index in [1.165, 1.54) is 0 Å². The number of aliphatic carboxylic acids is 1. The zero-order valence-electron chi connectivity index (χ0n) is 38.0. The number of nitrogens with one attached hydrogen (secondary N) is 2. The summed E-state index contributed by atoms with van der Waals surface area (Å²) in [5, 5.41) is 117. The second kappa shape index (κ2) is 26.5. The number of carboxylic acids is 1. The van der Waals surface area contributed by atoms with Crippen LogP contribution in [0, 0.1) is 23.7 Å². The van der Waals surface area contributed by atoms with Crippen molar-refractivity contribution in [2.45, 2.75) is 171 Å². The molecular weight excluding hydrogens is 817 g/mol. The Bertz CT molecular complexity index is 1840. The van der Waals surface area contributed by atoms with Gasteiger partial charge in [0.25, 0.3) is 0 Å². The minimum absolute atomic E-state index is 0.0283. The largest absolute Gasteiger partial charge is 0.508 e. The monoisotopic (exact) mass is 893 g/mol. The summed E-state index contributed by atoms with van der Waals surface area (Å²) < 4.78 is 0. The molecule has 0 aromatic heterocycles. The van der Waals surface area contributed by atoms with Crippen LogP contribution in [-0.4, -0.2) is 131 Å². The molecule has 2 aliphatic rings. The quantitative estimate of drug-likeness (QED) is 0.0743. The van der Waals surface area contributed by atoms with Gasteiger partial charge >= 0.3 is 5.97 Å². The zero-order chi connectivity index (χ0) is 46.8. The first-order chi connectivity index (χ1) is 30.6. The molecule has 0 spiro atoms. The van der Waals surface area contributed by atoms with Crippen LogP contribution in [0.5, 0.6) is 5.75 Å². The lowest BCUT2D eigenvalue weighted by Gasteiger charge is -2.43. The van der Waals surface area contributed by atoms with Gasteiger partial charge in [-0.1, -0.05) is 74.1 Å². The molecule has 12 N–H and O–H groups in total. The van der Waals surface area contributed by atoms with E-state index in [0.717, 1.165) is 29.5 Å². The van der Waals surface area contributed by atoms with Gasteiger partial charge in [0.05, 0.1) is 43.0 Å². The van der Waals surface area contributed by atoms with Crippen molar-refractivity contribution in [3.8, 4) is 17.6 Å². The van der Waals surface area contributed by atoms with Crippen molar-refractivity contribution in [2.24, 2.45) is 11.8 Å². The molecule has 12 atom stereocenters. The van der Waals surface area contributed by atoms with E-state index in [1.807, 2.05) is 38.1 Å². The molecule has 64 heavy (non-hydrogen) atoms. The lowest BCUT2D eigenvalue weighted by Crippen LogP contribution is -2.56. The highest BCUT2D eigenvalue weighted by atomic mass is 16.4. The number of unbranched alkanes of at least 4 members (excludes halogenated alkanes) is 1. The molecule has 2 aromatic rings. The van der Waals surface area contributed by atoms with Gasteiger partial charge < -0.3 is 61.7 Å². The van der Waals surface area contributed by atoms with Crippen LogP contribution in [0.3, 0.4) is 0 Å². The first-order valence-corrected chi connectivity index (χ1v) is 23.4. The first-order valence-electron chi connectivity index (χ1n) is 23.4. The molecule has 13 nitrogen and oxygen atoms in total. The van der Waals surface area contributed by atoms with E-state index in [-0.39, 0.29) is 63.0 Å². The topological polar surface area (TPSA) is 243 Å². The fraction of sp³-hybridized carbons (Fsp3) is 0.627. The summed E-state index contributed by atoms with van der Waals surface area (Å²) >= 11 is 0. The molecule has 1 fully saturated rings. The minimum atomic E-state index is -1.57. The molecule has 12 unspecified atom stereocenters. The minimum Gasteiger partial charge on any atom is -0.508 e. The van der Waals surface area contributed by atoms with Gasteiger partial charge in [0.2, 0.25) is 0 Å². The number of allylic oxidation sites excluding steroid dienone is 2. The highest BCUT2D eigenvalue weighted by molar-refractivity contribution is 5.67. The molecular formula is C51H76N2O11. The number of phenols is 1. The summed E-state index contributed by atoms with van der Waals surface area (Å²) in [7, 11) is 0. The van der Waals surface area contributed by atoms with Crippen molar-refractivity contribution in [2.75, 3.05) is 19.8 Å². The lowest BCUT2D eigenvalue weighted by molar-refractivity contribution is -0.139. The Kier molecular flexibility index (Phi) is 21.9. The van der Waals surface area contributed by atoms with Crippen LogP contribution in [0.1, 0.15) is 127 Å².